The van der Waals surface area contributed by atoms with Crippen molar-refractivity contribution in [2.45, 2.75) is 0 Å². The predicted octanol–water partition coefficient (Wildman–Crippen LogP) is 0.359. The van der Waals surface area contributed by atoms with Crippen molar-refractivity contribution in [3.63, 3.8) is 0 Å². The van der Waals surface area contributed by atoms with Crippen LogP contribution in [0.4, 0.5) is 5.95 Å². The van der Waals surface area contributed by atoms with Crippen molar-refractivity contribution < 1.29 is 9.53 Å². The van der Waals surface area contributed by atoms with E-state index >= 15 is 0 Å². The largest absolute Gasteiger partial charge is 0.407 e. The van der Waals surface area contributed by atoms with Crippen LogP contribution in [0, 0.1) is 0 Å². The third-order valence-corrected chi connectivity index (χ3v) is 1.43. The van der Waals surface area contributed by atoms with E-state index in [1.165, 1.54) is 12.3 Å². The van der Waals surface area contributed by atoms with Gasteiger partial charge in [0, 0.05) is 12.3 Å². The molecule has 0 fully saturated rings. The van der Waals surface area contributed by atoms with Crippen molar-refractivity contribution in [2.75, 3.05) is 11.1 Å². The second-order valence-electron chi connectivity index (χ2n) is 1.86. The van der Waals surface area contributed by atoms with Crippen molar-refractivity contribution in [1.29, 1.82) is 0 Å². The normalized spacial score (nSPS) is 9.42. The lowest BCUT2D eigenvalue weighted by Crippen LogP contribution is -2.10. The Morgan fingerprint density at radius 3 is 3.08 bits per heavy atom. The summed E-state index contributed by atoms with van der Waals surface area (Å²) in [5.74, 6) is -0.185. The number of aromatic nitrogens is 2. The second kappa shape index (κ2) is 4.01. The Labute approximate surface area is 77.1 Å². The number of ether oxygens (including phenoxy) is 1. The number of halogens is 1. The summed E-state index contributed by atoms with van der Waals surface area (Å²) >= 11 is 2.94. The smallest absolute Gasteiger partial charge is 0.323 e. The van der Waals surface area contributed by atoms with Crippen molar-refractivity contribution in [3.8, 4) is 5.88 Å². The highest BCUT2D eigenvalue weighted by Crippen LogP contribution is 2.06. The van der Waals surface area contributed by atoms with Gasteiger partial charge in [-0.25, -0.2) is 4.98 Å². The Morgan fingerprint density at radius 1 is 1.75 bits per heavy atom. The summed E-state index contributed by atoms with van der Waals surface area (Å²) in [5.41, 5.74) is 5.25. The summed E-state index contributed by atoms with van der Waals surface area (Å²) in [6, 6.07) is 1.46. The molecule has 0 saturated heterocycles. The first-order valence-electron chi connectivity index (χ1n) is 3.07. The zero-order valence-electron chi connectivity index (χ0n) is 6.03. The van der Waals surface area contributed by atoms with Gasteiger partial charge in [-0.3, -0.25) is 4.79 Å². The first-order chi connectivity index (χ1) is 5.72. The molecule has 5 nitrogen and oxygen atoms in total. The highest BCUT2D eigenvalue weighted by Gasteiger charge is 2.03. The molecule has 0 radical (unpaired) electrons. The molecule has 1 aromatic rings. The molecule has 64 valence electrons. The fourth-order valence-corrected chi connectivity index (χ4v) is 0.672. The lowest BCUT2D eigenvalue weighted by Gasteiger charge is -1.99. The number of hydrogen-bond donors (Lipinski definition) is 1. The van der Waals surface area contributed by atoms with Crippen LogP contribution in [-0.2, 0) is 4.79 Å². The van der Waals surface area contributed by atoms with Crippen LogP contribution in [-0.4, -0.2) is 21.3 Å². The lowest BCUT2D eigenvalue weighted by molar-refractivity contribution is -0.131. The summed E-state index contributed by atoms with van der Waals surface area (Å²) in [6.45, 7) is 0. The van der Waals surface area contributed by atoms with E-state index in [1.54, 1.807) is 0 Å². The monoisotopic (exact) mass is 231 g/mol. The number of nitrogens with zero attached hydrogens (tertiary/aromatic N) is 2. The van der Waals surface area contributed by atoms with Gasteiger partial charge in [0.1, 0.15) is 5.33 Å². The van der Waals surface area contributed by atoms with E-state index in [0.717, 1.165) is 0 Å². The number of anilines is 1. The first kappa shape index (κ1) is 8.92. The molecule has 12 heavy (non-hydrogen) atoms. The van der Waals surface area contributed by atoms with E-state index in [0.29, 0.717) is 0 Å². The van der Waals surface area contributed by atoms with E-state index in [2.05, 4.69) is 25.9 Å². The summed E-state index contributed by atoms with van der Waals surface area (Å²) in [6.07, 6.45) is 1.42. The lowest BCUT2D eigenvalue weighted by atomic mass is 10.6. The van der Waals surface area contributed by atoms with E-state index in [1.807, 2.05) is 0 Å². The van der Waals surface area contributed by atoms with Crippen molar-refractivity contribution in [1.82, 2.24) is 9.97 Å². The van der Waals surface area contributed by atoms with Crippen molar-refractivity contribution in [2.24, 2.45) is 0 Å². The fourth-order valence-electron chi connectivity index (χ4n) is 0.557. The molecule has 0 aromatic carbocycles. The number of nitrogens with two attached hydrogens (primary N) is 1. The number of esters is 1. The average Bonchev–Trinajstić information content (AvgIpc) is 2.04. The summed E-state index contributed by atoms with van der Waals surface area (Å²) in [7, 11) is 0. The molecule has 2 N–H and O–H groups in total. The maximum absolute atomic E-state index is 10.7. The van der Waals surface area contributed by atoms with Crippen LogP contribution in [0.2, 0.25) is 0 Å². The first-order valence-corrected chi connectivity index (χ1v) is 4.19. The zero-order chi connectivity index (χ0) is 8.97. The predicted molar refractivity (Wildman–Crippen MR) is 45.9 cm³/mol. The molecule has 6 heteroatoms. The van der Waals surface area contributed by atoms with E-state index in [-0.39, 0.29) is 17.2 Å². The molecule has 0 atom stereocenters. The third kappa shape index (κ3) is 2.46. The summed E-state index contributed by atoms with van der Waals surface area (Å²) in [5, 5.41) is 0.122. The number of nitrogen functional groups attached to an aromatic ring is 1. The van der Waals surface area contributed by atoms with Gasteiger partial charge in [0.2, 0.25) is 11.8 Å². The van der Waals surface area contributed by atoms with Gasteiger partial charge < -0.3 is 10.5 Å². The molecule has 1 heterocycles. The van der Waals surface area contributed by atoms with Crippen LogP contribution in [0.1, 0.15) is 0 Å². The number of carbonyl (C=O) groups excluding carboxylic acids is 1. The highest BCUT2D eigenvalue weighted by atomic mass is 79.9. The van der Waals surface area contributed by atoms with Crippen LogP contribution in [0.25, 0.3) is 0 Å². The number of rotatable bonds is 2. The standard InChI is InChI=1S/C6H6BrN3O2/c7-3-5(11)12-4-1-2-9-6(8)10-4/h1-2H,3H2,(H2,8,9,10). The molecule has 0 aliphatic carbocycles. The Hall–Kier alpha value is -1.17. The van der Waals surface area contributed by atoms with Gasteiger partial charge in [0.05, 0.1) is 0 Å². The van der Waals surface area contributed by atoms with Gasteiger partial charge in [-0.2, -0.15) is 4.98 Å². The summed E-state index contributed by atoms with van der Waals surface area (Å²) < 4.78 is 4.73. The fraction of sp³-hybridized carbons (Fsp3) is 0.167. The number of hydrogen-bond acceptors (Lipinski definition) is 5. The van der Waals surface area contributed by atoms with Crippen LogP contribution in [0.5, 0.6) is 5.88 Å². The van der Waals surface area contributed by atoms with Gasteiger partial charge in [0.25, 0.3) is 0 Å². The SMILES string of the molecule is Nc1nccc(OC(=O)CBr)n1. The maximum atomic E-state index is 10.7. The Bertz CT molecular complexity index is 292. The molecule has 0 spiro atoms. The molecule has 0 saturated carbocycles. The Kier molecular flexibility index (Phi) is 2.98. The maximum Gasteiger partial charge on any atom is 0.323 e. The second-order valence-corrected chi connectivity index (χ2v) is 2.42. The van der Waals surface area contributed by atoms with Gasteiger partial charge >= 0.3 is 5.97 Å². The van der Waals surface area contributed by atoms with Crippen LogP contribution in [0.3, 0.4) is 0 Å². The van der Waals surface area contributed by atoms with Gasteiger partial charge in [-0.1, -0.05) is 15.9 Å². The molecule has 0 unspecified atom stereocenters. The van der Waals surface area contributed by atoms with Crippen LogP contribution >= 0.6 is 15.9 Å². The Morgan fingerprint density at radius 2 is 2.50 bits per heavy atom. The minimum Gasteiger partial charge on any atom is -0.407 e. The molecular weight excluding hydrogens is 226 g/mol. The minimum absolute atomic E-state index is 0.0786. The van der Waals surface area contributed by atoms with Gasteiger partial charge in [-0.05, 0) is 0 Å². The molecule has 1 rings (SSSR count). The van der Waals surface area contributed by atoms with E-state index in [9.17, 15) is 4.79 Å². The van der Waals surface area contributed by atoms with E-state index < -0.39 is 5.97 Å². The zero-order valence-corrected chi connectivity index (χ0v) is 7.61. The topological polar surface area (TPSA) is 78.1 Å². The average molecular weight is 232 g/mol. The minimum atomic E-state index is -0.423. The van der Waals surface area contributed by atoms with Crippen LogP contribution < -0.4 is 10.5 Å². The number of alkyl halides is 1. The van der Waals surface area contributed by atoms with Crippen molar-refractivity contribution >= 4 is 27.8 Å². The molecule has 0 amide bonds. The number of carbonyl (C=O) groups is 1. The summed E-state index contributed by atoms with van der Waals surface area (Å²) in [4.78, 5) is 18.0. The molecule has 0 aliphatic heterocycles. The van der Waals surface area contributed by atoms with Gasteiger partial charge in [0.15, 0.2) is 0 Å². The van der Waals surface area contributed by atoms with E-state index in [4.69, 9.17) is 10.5 Å². The Balaban J connectivity index is 2.69. The van der Waals surface area contributed by atoms with Gasteiger partial charge in [-0.15, -0.1) is 0 Å². The molecular formula is C6H6BrN3O2. The highest BCUT2D eigenvalue weighted by molar-refractivity contribution is 9.09. The van der Waals surface area contributed by atoms with Crippen LogP contribution in [0.15, 0.2) is 12.3 Å². The molecule has 0 aliphatic rings. The quantitative estimate of drug-likeness (QED) is 0.588. The third-order valence-electron chi connectivity index (χ3n) is 0.976. The molecule has 1 aromatic heterocycles. The van der Waals surface area contributed by atoms with Crippen molar-refractivity contribution in [3.05, 3.63) is 12.3 Å². The molecule has 0 bridgehead atoms.